The summed E-state index contributed by atoms with van der Waals surface area (Å²) < 4.78 is 0. The summed E-state index contributed by atoms with van der Waals surface area (Å²) in [4.78, 5) is 105. The molecule has 0 saturated heterocycles. The van der Waals surface area contributed by atoms with E-state index in [-0.39, 0.29) is 109 Å². The molecule has 24 heteroatoms. The molecule has 4 aromatic rings. The van der Waals surface area contributed by atoms with Gasteiger partial charge >= 0.3 is 0 Å². The molecule has 374 valence electrons. The number of amides is 8. The van der Waals surface area contributed by atoms with Gasteiger partial charge in [0.05, 0.1) is 44.5 Å². The molecule has 4 aromatic carbocycles. The van der Waals surface area contributed by atoms with Gasteiger partial charge in [-0.1, -0.05) is 0 Å². The van der Waals surface area contributed by atoms with Gasteiger partial charge in [0.1, 0.15) is 0 Å². The Balaban J connectivity index is 1.53. The number of carbonyl (C=O) groups is 8. The third-order valence-electron chi connectivity index (χ3n) is 10.9. The van der Waals surface area contributed by atoms with Crippen LogP contribution in [0.15, 0.2) is 48.5 Å². The smallest absolute Gasteiger partial charge is 0.257 e. The Bertz CT molecular complexity index is 2510. The molecule has 14 N–H and O–H groups in total. The first-order chi connectivity index (χ1) is 33.2. The molecule has 0 saturated carbocycles. The number of aromatic hydroxyl groups is 8. The summed E-state index contributed by atoms with van der Waals surface area (Å²) in [5.74, 6) is -13.0. The summed E-state index contributed by atoms with van der Waals surface area (Å²) in [6.07, 6.45) is 0.414. The van der Waals surface area contributed by atoms with Crippen LogP contribution in [0.3, 0.4) is 0 Å². The summed E-state index contributed by atoms with van der Waals surface area (Å²) in [7, 11) is 5.20. The van der Waals surface area contributed by atoms with Crippen molar-refractivity contribution in [2.75, 3.05) is 67.5 Å². The minimum absolute atomic E-state index is 0.0599. The standard InChI is InChI=1S/C46H54N8O16/c1-47-39(63)23-9-11-27(35(59)31(23)55)43(67)51-17-7-21-53(45(69)29-15-13-25(41(65)49-3)33(57)37(29)61)19-5-6-20-54(46(70)30-16-14-26(42(66)50-4)34(58)38(30)62)22-8-18-52-44(68)28-12-10-24(40(64)48-2)32(56)36(28)60/h9-16,55-62H,5-8,17-22H2,1-4H3,(H,47,63)(H,48,64)(H,49,65)(H,50,66)(H,51,67)(H,52,68). The fourth-order valence-electron chi connectivity index (χ4n) is 7.01. The summed E-state index contributed by atoms with van der Waals surface area (Å²) in [6.45, 7) is -0.554. The fraction of sp³-hybridized carbons (Fsp3) is 0.304. The SMILES string of the molecule is CNC(=O)c1ccc(C(=O)NCCCN(CCCCN(CCCNC(=O)c2ccc(C(=O)NC)c(O)c2O)C(=O)c2ccc(C(=O)NC)c(O)c2O)C(=O)c2ccc(C(=O)NC)c(O)c2O)c(O)c1O. The number of nitrogens with zero attached hydrogens (tertiary/aromatic N) is 2. The molecule has 8 amide bonds. The number of nitrogens with one attached hydrogen (secondary N) is 6. The zero-order valence-electron chi connectivity index (χ0n) is 38.4. The normalized spacial score (nSPS) is 10.6. The van der Waals surface area contributed by atoms with Gasteiger partial charge in [0.15, 0.2) is 46.0 Å². The average molecular weight is 975 g/mol. The number of benzene rings is 4. The highest BCUT2D eigenvalue weighted by Gasteiger charge is 2.28. The van der Waals surface area contributed by atoms with Gasteiger partial charge in [-0.25, -0.2) is 0 Å². The maximum atomic E-state index is 14.0. The molecular formula is C46H54N8O16. The lowest BCUT2D eigenvalue weighted by Gasteiger charge is -2.26. The molecule has 24 nitrogen and oxygen atoms in total. The Hall–Kier alpha value is -8.96. The van der Waals surface area contributed by atoms with E-state index in [1.54, 1.807) is 0 Å². The predicted molar refractivity (Wildman–Crippen MR) is 248 cm³/mol. The van der Waals surface area contributed by atoms with Crippen LogP contribution in [0.2, 0.25) is 0 Å². The van der Waals surface area contributed by atoms with Gasteiger partial charge < -0.3 is 82.6 Å². The molecule has 0 aromatic heterocycles. The first kappa shape index (κ1) is 53.7. The van der Waals surface area contributed by atoms with Crippen LogP contribution in [0, 0.1) is 0 Å². The molecule has 4 rings (SSSR count). The lowest BCUT2D eigenvalue weighted by atomic mass is 10.1. The van der Waals surface area contributed by atoms with E-state index in [0.29, 0.717) is 0 Å². The number of rotatable bonds is 21. The number of hydrogen-bond acceptors (Lipinski definition) is 16. The fourth-order valence-corrected chi connectivity index (χ4v) is 7.01. The lowest BCUT2D eigenvalue weighted by molar-refractivity contribution is 0.0714. The van der Waals surface area contributed by atoms with Gasteiger partial charge in [-0.15, -0.1) is 0 Å². The third kappa shape index (κ3) is 12.1. The van der Waals surface area contributed by atoms with Gasteiger partial charge in [-0.05, 0) is 74.2 Å². The maximum absolute atomic E-state index is 14.0. The second-order valence-electron chi connectivity index (χ2n) is 15.3. The van der Waals surface area contributed by atoms with Crippen LogP contribution in [-0.4, -0.2) is 165 Å². The number of phenolic OH excluding ortho intramolecular Hbond substituents is 8. The van der Waals surface area contributed by atoms with Crippen LogP contribution in [0.4, 0.5) is 0 Å². The van der Waals surface area contributed by atoms with Gasteiger partial charge in [0.2, 0.25) is 0 Å². The summed E-state index contributed by atoms with van der Waals surface area (Å²) in [5.41, 5.74) is -2.65. The molecule has 0 bridgehead atoms. The van der Waals surface area contributed by atoms with E-state index in [4.69, 9.17) is 0 Å². The van der Waals surface area contributed by atoms with E-state index >= 15 is 0 Å². The zero-order valence-corrected chi connectivity index (χ0v) is 38.4. The van der Waals surface area contributed by atoms with Gasteiger partial charge in [0.25, 0.3) is 47.3 Å². The number of unbranched alkanes of at least 4 members (excludes halogenated alkanes) is 1. The van der Waals surface area contributed by atoms with Gasteiger partial charge in [0, 0.05) is 67.5 Å². The van der Waals surface area contributed by atoms with Crippen molar-refractivity contribution in [2.24, 2.45) is 0 Å². The summed E-state index contributed by atoms with van der Waals surface area (Å²) in [6, 6.07) is 9.07. The Morgan fingerprint density at radius 1 is 0.329 bits per heavy atom. The van der Waals surface area contributed by atoms with Crippen LogP contribution in [0.1, 0.15) is 109 Å². The maximum Gasteiger partial charge on any atom is 0.257 e. The van der Waals surface area contributed by atoms with Crippen LogP contribution in [-0.2, 0) is 0 Å². The monoisotopic (exact) mass is 974 g/mol. The topological polar surface area (TPSA) is 377 Å². The van der Waals surface area contributed by atoms with Crippen molar-refractivity contribution in [3.63, 3.8) is 0 Å². The summed E-state index contributed by atoms with van der Waals surface area (Å²) >= 11 is 0. The van der Waals surface area contributed by atoms with E-state index in [9.17, 15) is 79.2 Å². The quantitative estimate of drug-likeness (QED) is 0.0405. The second kappa shape index (κ2) is 24.2. The average Bonchev–Trinajstić information content (AvgIpc) is 3.35. The van der Waals surface area contributed by atoms with E-state index < -0.39 is 93.3 Å². The lowest BCUT2D eigenvalue weighted by Crippen LogP contribution is -2.37. The molecule has 0 heterocycles. The van der Waals surface area contributed by atoms with Crippen molar-refractivity contribution in [3.05, 3.63) is 93.0 Å². The Morgan fingerprint density at radius 2 is 0.529 bits per heavy atom. The molecule has 0 aliphatic rings. The Morgan fingerprint density at radius 3 is 0.771 bits per heavy atom. The van der Waals surface area contributed by atoms with E-state index in [1.807, 2.05) is 0 Å². The first-order valence-corrected chi connectivity index (χ1v) is 21.5. The Kier molecular flexibility index (Phi) is 18.5. The highest BCUT2D eigenvalue weighted by atomic mass is 16.3. The number of hydrogen-bond donors (Lipinski definition) is 14. The molecule has 0 unspecified atom stereocenters. The van der Waals surface area contributed by atoms with Crippen molar-refractivity contribution in [3.8, 4) is 46.0 Å². The molecule has 0 aliphatic carbocycles. The second-order valence-corrected chi connectivity index (χ2v) is 15.3. The van der Waals surface area contributed by atoms with Crippen LogP contribution in [0.25, 0.3) is 0 Å². The molecule has 0 aliphatic heterocycles. The highest BCUT2D eigenvalue weighted by Crippen LogP contribution is 2.36. The predicted octanol–water partition coefficient (Wildman–Crippen LogP) is 0.775. The third-order valence-corrected chi connectivity index (χ3v) is 10.9. The first-order valence-electron chi connectivity index (χ1n) is 21.5. The Labute approximate surface area is 399 Å². The number of phenols is 8. The largest absolute Gasteiger partial charge is 0.504 e. The molecule has 0 atom stereocenters. The van der Waals surface area contributed by atoms with Crippen LogP contribution >= 0.6 is 0 Å². The molecule has 0 radical (unpaired) electrons. The minimum atomic E-state index is -0.887. The van der Waals surface area contributed by atoms with E-state index in [0.717, 1.165) is 48.5 Å². The van der Waals surface area contributed by atoms with E-state index in [2.05, 4.69) is 31.9 Å². The van der Waals surface area contributed by atoms with Crippen LogP contribution < -0.4 is 31.9 Å². The van der Waals surface area contributed by atoms with Crippen molar-refractivity contribution in [2.45, 2.75) is 25.7 Å². The molecular weight excluding hydrogens is 921 g/mol. The number of carbonyl (C=O) groups excluding carboxylic acids is 8. The molecule has 0 fully saturated rings. The van der Waals surface area contributed by atoms with Crippen molar-refractivity contribution in [1.29, 1.82) is 0 Å². The van der Waals surface area contributed by atoms with Crippen molar-refractivity contribution in [1.82, 2.24) is 41.7 Å². The van der Waals surface area contributed by atoms with Crippen molar-refractivity contribution >= 4 is 47.3 Å². The molecule has 0 spiro atoms. The van der Waals surface area contributed by atoms with Gasteiger partial charge in [-0.3, -0.25) is 38.4 Å². The zero-order chi connectivity index (χ0) is 52.0. The summed E-state index contributed by atoms with van der Waals surface area (Å²) in [5, 5.41) is 98.6. The van der Waals surface area contributed by atoms with Crippen molar-refractivity contribution < 1.29 is 79.2 Å². The van der Waals surface area contributed by atoms with Crippen LogP contribution in [0.5, 0.6) is 46.0 Å². The minimum Gasteiger partial charge on any atom is -0.504 e. The van der Waals surface area contributed by atoms with E-state index in [1.165, 1.54) is 38.0 Å². The highest BCUT2D eigenvalue weighted by molar-refractivity contribution is 6.05. The van der Waals surface area contributed by atoms with Gasteiger partial charge in [-0.2, -0.15) is 0 Å². The molecule has 70 heavy (non-hydrogen) atoms.